The number of aliphatic hydroxyl groups excluding tert-OH is 2. The van der Waals surface area contributed by atoms with E-state index in [9.17, 15) is 23.4 Å². The Labute approximate surface area is 250 Å². The van der Waals surface area contributed by atoms with Crippen molar-refractivity contribution in [3.8, 4) is 11.5 Å². The first kappa shape index (κ1) is 30.0. The molecule has 6 rings (SSSR count). The van der Waals surface area contributed by atoms with Crippen molar-refractivity contribution in [1.82, 2.24) is 10.0 Å². The fraction of sp³-hybridized carbons (Fsp3) is 0.781. The van der Waals surface area contributed by atoms with Crippen molar-refractivity contribution in [3.63, 3.8) is 0 Å². The first-order valence-corrected chi connectivity index (χ1v) is 17.4. The summed E-state index contributed by atoms with van der Waals surface area (Å²) < 4.78 is 38.3. The smallest absolute Gasteiger partial charge is 0.328 e. The number of urea groups is 1. The summed E-state index contributed by atoms with van der Waals surface area (Å²) in [5, 5.41) is 25.3. The van der Waals surface area contributed by atoms with E-state index in [1.54, 1.807) is 0 Å². The van der Waals surface area contributed by atoms with Crippen LogP contribution in [0.1, 0.15) is 79.1 Å². The lowest BCUT2D eigenvalue weighted by atomic mass is 9.41. The summed E-state index contributed by atoms with van der Waals surface area (Å²) in [6.45, 7) is 9.62. The number of hydrogen-bond acceptors (Lipinski definition) is 7. The Hall–Kier alpha value is -2.04. The zero-order chi connectivity index (χ0) is 30.0. The standard InChI is InChI=1S/C32H48N2O7S/c1-5-21-25-14-19(35)10-12-32(25,4)24-11-13-31(3)22(7-8-23(31)28(24)29(21)36)18(2)16-33-30(37)34-42(38,39)20-6-9-26-27(15-20)41-17-40-26/h6,9,15,18-19,21-25,28-29,35-36H,5,7-8,10-14,16-17H2,1-4H3,(H2,33,34,37)/t18-,19-,21-,22-,23+,24+,25?,28?,29-,31?,32?/m1/s1. The van der Waals surface area contributed by atoms with Crippen LogP contribution in [0.5, 0.6) is 11.5 Å². The fourth-order valence-corrected chi connectivity index (χ4v) is 11.5. The van der Waals surface area contributed by atoms with Crippen LogP contribution in [0, 0.1) is 52.3 Å². The molecule has 2 amide bonds. The predicted octanol–water partition coefficient (Wildman–Crippen LogP) is 4.67. The van der Waals surface area contributed by atoms with Crippen molar-refractivity contribution in [3.05, 3.63) is 18.2 Å². The number of hydrogen-bond donors (Lipinski definition) is 4. The number of benzene rings is 1. The van der Waals surface area contributed by atoms with Crippen LogP contribution in [0.4, 0.5) is 4.79 Å². The van der Waals surface area contributed by atoms with Gasteiger partial charge in [-0.05, 0) is 109 Å². The van der Waals surface area contributed by atoms with Gasteiger partial charge in [-0.2, -0.15) is 0 Å². The summed E-state index contributed by atoms with van der Waals surface area (Å²) in [5.74, 6) is 3.12. The van der Waals surface area contributed by atoms with Crippen LogP contribution in [0.2, 0.25) is 0 Å². The van der Waals surface area contributed by atoms with Crippen molar-refractivity contribution >= 4 is 16.1 Å². The van der Waals surface area contributed by atoms with Gasteiger partial charge in [0.2, 0.25) is 6.79 Å². The molecule has 4 fully saturated rings. The highest BCUT2D eigenvalue weighted by Crippen LogP contribution is 2.69. The average Bonchev–Trinajstić information content (AvgIpc) is 3.56. The number of carbonyl (C=O) groups is 1. The Morgan fingerprint density at radius 2 is 1.74 bits per heavy atom. The number of nitrogens with one attached hydrogen (secondary N) is 2. The number of fused-ring (bicyclic) bond motifs is 6. The molecule has 4 N–H and O–H groups in total. The molecule has 0 saturated heterocycles. The second-order valence-corrected chi connectivity index (χ2v) is 16.1. The fourth-order valence-electron chi connectivity index (χ4n) is 10.6. The molecule has 1 aliphatic heterocycles. The van der Waals surface area contributed by atoms with Gasteiger partial charge in [0.25, 0.3) is 10.0 Å². The molecule has 9 nitrogen and oxygen atoms in total. The van der Waals surface area contributed by atoms with Crippen LogP contribution >= 0.6 is 0 Å². The molecule has 0 radical (unpaired) electrons. The molecule has 11 atom stereocenters. The predicted molar refractivity (Wildman–Crippen MR) is 157 cm³/mol. The Kier molecular flexibility index (Phi) is 7.75. The molecule has 0 aromatic heterocycles. The van der Waals surface area contributed by atoms with Gasteiger partial charge >= 0.3 is 6.03 Å². The third kappa shape index (κ3) is 4.80. The number of ether oxygens (including phenoxy) is 2. The molecule has 0 bridgehead atoms. The zero-order valence-corrected chi connectivity index (χ0v) is 26.2. The van der Waals surface area contributed by atoms with E-state index in [2.05, 4.69) is 37.7 Å². The lowest BCUT2D eigenvalue weighted by molar-refractivity contribution is -0.203. The van der Waals surface area contributed by atoms with E-state index in [0.717, 1.165) is 51.4 Å². The molecular formula is C32H48N2O7S. The maximum absolute atomic E-state index is 12.8. The highest BCUT2D eigenvalue weighted by Gasteiger charge is 2.64. The van der Waals surface area contributed by atoms with E-state index in [-0.39, 0.29) is 52.5 Å². The van der Waals surface area contributed by atoms with E-state index < -0.39 is 16.1 Å². The van der Waals surface area contributed by atoms with Gasteiger partial charge in [0.15, 0.2) is 11.5 Å². The summed E-state index contributed by atoms with van der Waals surface area (Å²) in [4.78, 5) is 12.7. The van der Waals surface area contributed by atoms with Gasteiger partial charge in [0, 0.05) is 12.6 Å². The van der Waals surface area contributed by atoms with E-state index in [1.165, 1.54) is 18.2 Å². The van der Waals surface area contributed by atoms with Crippen LogP contribution in [-0.4, -0.2) is 50.2 Å². The normalized spacial score (nSPS) is 41.3. The van der Waals surface area contributed by atoms with Crippen molar-refractivity contribution in [2.24, 2.45) is 52.3 Å². The molecule has 1 aromatic carbocycles. The first-order chi connectivity index (χ1) is 19.9. The number of rotatable bonds is 6. The summed E-state index contributed by atoms with van der Waals surface area (Å²) in [6.07, 6.45) is 7.40. The number of amides is 2. The van der Waals surface area contributed by atoms with Crippen LogP contribution in [0.25, 0.3) is 0 Å². The minimum Gasteiger partial charge on any atom is -0.454 e. The van der Waals surface area contributed by atoms with E-state index >= 15 is 0 Å². The summed E-state index contributed by atoms with van der Waals surface area (Å²) in [5.41, 5.74) is 0.228. The summed E-state index contributed by atoms with van der Waals surface area (Å²) in [7, 11) is -4.07. The third-order valence-corrected chi connectivity index (χ3v) is 13.9. The van der Waals surface area contributed by atoms with Crippen molar-refractivity contribution in [1.29, 1.82) is 0 Å². The maximum Gasteiger partial charge on any atom is 0.328 e. The number of carbonyl (C=O) groups excluding carboxylic acids is 1. The van der Waals surface area contributed by atoms with Gasteiger partial charge in [-0.25, -0.2) is 17.9 Å². The van der Waals surface area contributed by atoms with Crippen LogP contribution in [-0.2, 0) is 10.0 Å². The maximum atomic E-state index is 12.8. The monoisotopic (exact) mass is 604 g/mol. The molecule has 0 spiro atoms. The second kappa shape index (κ2) is 10.8. The molecule has 10 heteroatoms. The SMILES string of the molecule is CC[C@@H]1C2C[C@H](O)CCC2(C)[C@H]2CCC3(C)[C@@H]([C@H](C)CNC(=O)NS(=O)(=O)c4ccc5c(c4)OCO5)CC[C@H]3C2[C@@H]1O. The highest BCUT2D eigenvalue weighted by atomic mass is 32.2. The van der Waals surface area contributed by atoms with E-state index in [0.29, 0.717) is 41.7 Å². The second-order valence-electron chi connectivity index (χ2n) is 14.4. The minimum atomic E-state index is -4.07. The summed E-state index contributed by atoms with van der Waals surface area (Å²) in [6, 6.07) is 3.53. The van der Waals surface area contributed by atoms with Gasteiger partial charge in [0.05, 0.1) is 17.1 Å². The first-order valence-electron chi connectivity index (χ1n) is 16.0. The topological polar surface area (TPSA) is 134 Å². The Morgan fingerprint density at radius 3 is 2.50 bits per heavy atom. The molecule has 5 aliphatic rings. The average molecular weight is 605 g/mol. The van der Waals surface area contributed by atoms with E-state index in [4.69, 9.17) is 9.47 Å². The van der Waals surface area contributed by atoms with Crippen LogP contribution in [0.15, 0.2) is 23.1 Å². The minimum absolute atomic E-state index is 0.0368. The Morgan fingerprint density at radius 1 is 1.02 bits per heavy atom. The molecule has 42 heavy (non-hydrogen) atoms. The molecule has 1 heterocycles. The van der Waals surface area contributed by atoms with Crippen LogP contribution < -0.4 is 19.5 Å². The summed E-state index contributed by atoms with van der Waals surface area (Å²) >= 11 is 0. The Balaban J connectivity index is 1.12. The van der Waals surface area contributed by atoms with Gasteiger partial charge in [0.1, 0.15) is 0 Å². The molecule has 234 valence electrons. The van der Waals surface area contributed by atoms with Crippen LogP contribution in [0.3, 0.4) is 0 Å². The quantitative estimate of drug-likeness (QED) is 0.371. The largest absolute Gasteiger partial charge is 0.454 e. The Bertz CT molecular complexity index is 1310. The lowest BCUT2D eigenvalue weighted by Gasteiger charge is -2.64. The highest BCUT2D eigenvalue weighted by molar-refractivity contribution is 7.90. The van der Waals surface area contributed by atoms with E-state index in [1.807, 2.05) is 0 Å². The number of aliphatic hydroxyl groups is 2. The third-order valence-electron chi connectivity index (χ3n) is 12.6. The molecule has 4 aliphatic carbocycles. The molecule has 4 saturated carbocycles. The number of sulfonamides is 1. The molecule has 4 unspecified atom stereocenters. The van der Waals surface area contributed by atoms with Crippen molar-refractivity contribution in [2.75, 3.05) is 13.3 Å². The van der Waals surface area contributed by atoms with Gasteiger partial charge in [-0.1, -0.05) is 34.1 Å². The van der Waals surface area contributed by atoms with Crippen molar-refractivity contribution in [2.45, 2.75) is 96.2 Å². The van der Waals surface area contributed by atoms with Gasteiger partial charge in [-0.15, -0.1) is 0 Å². The zero-order valence-electron chi connectivity index (χ0n) is 25.3. The van der Waals surface area contributed by atoms with Crippen molar-refractivity contribution < 1.29 is 32.9 Å². The van der Waals surface area contributed by atoms with Gasteiger partial charge < -0.3 is 25.0 Å². The van der Waals surface area contributed by atoms with Gasteiger partial charge in [-0.3, -0.25) is 0 Å². The molecular weight excluding hydrogens is 556 g/mol. The molecule has 1 aromatic rings. The lowest BCUT2D eigenvalue weighted by Crippen LogP contribution is -2.62.